The molecule has 54 valence electrons. The van der Waals surface area contributed by atoms with E-state index < -0.39 is 0 Å². The fraction of sp³-hybridized carbons (Fsp3) is 0. The lowest BCUT2D eigenvalue weighted by Gasteiger charge is -2.03. The molecule has 0 saturated heterocycles. The van der Waals surface area contributed by atoms with Crippen molar-refractivity contribution in [2.75, 3.05) is 0 Å². The minimum absolute atomic E-state index is 0.723. The molecular formula is C8H5BBr2. The second-order valence-corrected chi connectivity index (χ2v) is 3.86. The Hall–Kier alpha value is -0.0151. The molecule has 0 bridgehead atoms. The van der Waals surface area contributed by atoms with Gasteiger partial charge in [-0.15, -0.1) is 0 Å². The lowest BCUT2D eigenvalue weighted by atomic mass is 9.91. The van der Waals surface area contributed by atoms with Crippen LogP contribution in [0.25, 0.3) is 6.08 Å². The van der Waals surface area contributed by atoms with Crippen molar-refractivity contribution in [3.63, 3.8) is 0 Å². The molecule has 0 N–H and O–H groups in total. The summed E-state index contributed by atoms with van der Waals surface area (Å²) < 4.78 is 1.92. The highest BCUT2D eigenvalue weighted by molar-refractivity contribution is 9.11. The third-order valence-electron chi connectivity index (χ3n) is 1.33. The van der Waals surface area contributed by atoms with Gasteiger partial charge in [0.2, 0.25) is 0 Å². The Labute approximate surface area is 84.4 Å². The number of rotatable bonds is 1. The van der Waals surface area contributed by atoms with E-state index in [0.29, 0.717) is 0 Å². The largest absolute Gasteiger partial charge is 0.114 e. The van der Waals surface area contributed by atoms with Crippen LogP contribution in [0.4, 0.5) is 0 Å². The summed E-state index contributed by atoms with van der Waals surface area (Å²) >= 11 is 6.71. The normalized spacial score (nSPS) is 9.64. The van der Waals surface area contributed by atoms with E-state index in [1.54, 1.807) is 6.08 Å². The minimum atomic E-state index is 0.723. The Kier molecular flexibility index (Phi) is 2.96. The van der Waals surface area contributed by atoms with Crippen molar-refractivity contribution >= 4 is 51.2 Å². The zero-order valence-electron chi connectivity index (χ0n) is 5.77. The van der Waals surface area contributed by atoms with Gasteiger partial charge < -0.3 is 0 Å². The fourth-order valence-corrected chi connectivity index (χ4v) is 2.24. The van der Waals surface area contributed by atoms with E-state index in [1.165, 1.54) is 0 Å². The zero-order chi connectivity index (χ0) is 8.43. The first-order valence-corrected chi connectivity index (χ1v) is 4.60. The second kappa shape index (κ2) is 3.59. The van der Waals surface area contributed by atoms with E-state index in [0.717, 1.165) is 20.0 Å². The SMILES string of the molecule is [B]c1cc(Br)cc(Br)c1C=C. The Morgan fingerprint density at radius 1 is 1.36 bits per heavy atom. The highest BCUT2D eigenvalue weighted by Crippen LogP contribution is 2.20. The van der Waals surface area contributed by atoms with E-state index in [4.69, 9.17) is 7.85 Å². The van der Waals surface area contributed by atoms with Gasteiger partial charge in [0.05, 0.1) is 0 Å². The summed E-state index contributed by atoms with van der Waals surface area (Å²) in [5.74, 6) is 0. The third kappa shape index (κ3) is 1.97. The number of hydrogen-bond donors (Lipinski definition) is 0. The molecule has 3 heteroatoms. The van der Waals surface area contributed by atoms with E-state index in [-0.39, 0.29) is 0 Å². The maximum atomic E-state index is 5.70. The molecule has 0 aliphatic rings. The smallest absolute Gasteiger partial charge is 0.0985 e. The minimum Gasteiger partial charge on any atom is -0.0985 e. The van der Waals surface area contributed by atoms with Gasteiger partial charge in [-0.25, -0.2) is 0 Å². The number of hydrogen-bond acceptors (Lipinski definition) is 0. The van der Waals surface area contributed by atoms with Crippen LogP contribution < -0.4 is 5.46 Å². The lowest BCUT2D eigenvalue weighted by Crippen LogP contribution is -2.07. The van der Waals surface area contributed by atoms with Gasteiger partial charge in [0, 0.05) is 8.95 Å². The summed E-state index contributed by atoms with van der Waals surface area (Å²) in [4.78, 5) is 0. The monoisotopic (exact) mass is 270 g/mol. The molecule has 0 aliphatic heterocycles. The average molecular weight is 272 g/mol. The van der Waals surface area contributed by atoms with Gasteiger partial charge in [-0.05, 0) is 11.6 Å². The van der Waals surface area contributed by atoms with Gasteiger partial charge in [0.15, 0.2) is 0 Å². The molecule has 0 heterocycles. The van der Waals surface area contributed by atoms with Gasteiger partial charge in [-0.1, -0.05) is 56.0 Å². The van der Waals surface area contributed by atoms with Crippen LogP contribution in [-0.4, -0.2) is 7.85 Å². The van der Waals surface area contributed by atoms with Gasteiger partial charge in [0.1, 0.15) is 7.85 Å². The van der Waals surface area contributed by atoms with Gasteiger partial charge >= 0.3 is 0 Å². The zero-order valence-corrected chi connectivity index (χ0v) is 8.94. The Morgan fingerprint density at radius 3 is 2.45 bits per heavy atom. The predicted molar refractivity (Wildman–Crippen MR) is 57.3 cm³/mol. The van der Waals surface area contributed by atoms with Crippen molar-refractivity contribution in [1.82, 2.24) is 0 Å². The molecule has 0 fully saturated rings. The summed E-state index contributed by atoms with van der Waals surface area (Å²) in [5.41, 5.74) is 1.66. The van der Waals surface area contributed by atoms with Crippen molar-refractivity contribution in [1.29, 1.82) is 0 Å². The summed E-state index contributed by atoms with van der Waals surface area (Å²) in [6.45, 7) is 3.66. The van der Waals surface area contributed by atoms with Crippen LogP contribution >= 0.6 is 31.9 Å². The maximum Gasteiger partial charge on any atom is 0.114 e. The Morgan fingerprint density at radius 2 is 2.00 bits per heavy atom. The van der Waals surface area contributed by atoms with Crippen molar-refractivity contribution in [2.45, 2.75) is 0 Å². The van der Waals surface area contributed by atoms with E-state index in [9.17, 15) is 0 Å². The number of benzene rings is 1. The van der Waals surface area contributed by atoms with Crippen molar-refractivity contribution in [3.8, 4) is 0 Å². The predicted octanol–water partition coefficient (Wildman–Crippen LogP) is 2.65. The molecule has 0 aliphatic carbocycles. The van der Waals surface area contributed by atoms with Crippen LogP contribution in [0.3, 0.4) is 0 Å². The average Bonchev–Trinajstić information content (AvgIpc) is 1.85. The van der Waals surface area contributed by atoms with E-state index in [1.807, 2.05) is 12.1 Å². The maximum absolute atomic E-state index is 5.70. The Bertz CT molecular complexity index is 271. The fourth-order valence-electron chi connectivity index (χ4n) is 0.820. The standard InChI is InChI=1S/C8H5BBr2/c1-2-6-7(9)3-5(10)4-8(6)11/h2-4H,1H2. The van der Waals surface area contributed by atoms with Crippen molar-refractivity contribution < 1.29 is 0 Å². The molecule has 0 saturated carbocycles. The van der Waals surface area contributed by atoms with E-state index >= 15 is 0 Å². The highest BCUT2D eigenvalue weighted by Gasteiger charge is 1.99. The molecule has 0 aromatic heterocycles. The van der Waals surface area contributed by atoms with Crippen LogP contribution in [0.5, 0.6) is 0 Å². The van der Waals surface area contributed by atoms with Crippen LogP contribution in [0.15, 0.2) is 27.7 Å². The highest BCUT2D eigenvalue weighted by atomic mass is 79.9. The van der Waals surface area contributed by atoms with Crippen LogP contribution in [0.1, 0.15) is 5.56 Å². The quantitative estimate of drug-likeness (QED) is 0.689. The molecule has 0 unspecified atom stereocenters. The van der Waals surface area contributed by atoms with Crippen LogP contribution in [-0.2, 0) is 0 Å². The van der Waals surface area contributed by atoms with Gasteiger partial charge in [-0.2, -0.15) is 0 Å². The first-order chi connectivity index (χ1) is 5.15. The Balaban J connectivity index is 3.36. The molecule has 11 heavy (non-hydrogen) atoms. The summed E-state index contributed by atoms with van der Waals surface area (Å²) in [5, 5.41) is 0. The van der Waals surface area contributed by atoms with Crippen molar-refractivity contribution in [3.05, 3.63) is 33.2 Å². The molecule has 0 amide bonds. The van der Waals surface area contributed by atoms with E-state index in [2.05, 4.69) is 38.4 Å². The third-order valence-corrected chi connectivity index (χ3v) is 2.44. The topological polar surface area (TPSA) is 0 Å². The first-order valence-electron chi connectivity index (χ1n) is 3.02. The molecule has 0 nitrogen and oxygen atoms in total. The summed E-state index contributed by atoms with van der Waals surface area (Å²) in [7, 11) is 5.70. The van der Waals surface area contributed by atoms with Gasteiger partial charge in [-0.3, -0.25) is 0 Å². The number of halogens is 2. The van der Waals surface area contributed by atoms with Crippen LogP contribution in [0, 0.1) is 0 Å². The molecule has 0 spiro atoms. The summed E-state index contributed by atoms with van der Waals surface area (Å²) in [6.07, 6.45) is 1.73. The molecular weight excluding hydrogens is 267 g/mol. The molecule has 1 aromatic rings. The van der Waals surface area contributed by atoms with Crippen LogP contribution in [0.2, 0.25) is 0 Å². The molecule has 2 radical (unpaired) electrons. The molecule has 1 aromatic carbocycles. The molecule has 0 atom stereocenters. The van der Waals surface area contributed by atoms with Crippen molar-refractivity contribution in [2.24, 2.45) is 0 Å². The van der Waals surface area contributed by atoms with Gasteiger partial charge in [0.25, 0.3) is 0 Å². The second-order valence-electron chi connectivity index (χ2n) is 2.09. The molecule has 1 rings (SSSR count). The summed E-state index contributed by atoms with van der Waals surface area (Å²) in [6, 6.07) is 3.79. The lowest BCUT2D eigenvalue weighted by molar-refractivity contribution is 1.61. The first kappa shape index (κ1) is 9.08.